The maximum atomic E-state index is 10.0. The van der Waals surface area contributed by atoms with Crippen molar-refractivity contribution in [2.75, 3.05) is 5.88 Å². The third-order valence-corrected chi connectivity index (χ3v) is 3.29. The lowest BCUT2D eigenvalue weighted by atomic mass is 10.1. The minimum atomic E-state index is -0.637. The Labute approximate surface area is 131 Å². The van der Waals surface area contributed by atoms with Crippen molar-refractivity contribution in [1.29, 1.82) is 0 Å². The molecule has 0 aromatic heterocycles. The molecule has 0 aliphatic rings. The molecule has 0 fully saturated rings. The number of hydrogen-bond acceptors (Lipinski definition) is 2. The van der Waals surface area contributed by atoms with Gasteiger partial charge in [-0.3, -0.25) is 4.90 Å². The molecule has 4 heteroatoms. The van der Waals surface area contributed by atoms with Crippen LogP contribution in [0.25, 0.3) is 0 Å². The highest BCUT2D eigenvalue weighted by molar-refractivity contribution is 6.18. The minimum absolute atomic E-state index is 0. The lowest BCUT2D eigenvalue weighted by molar-refractivity contribution is 0.00919. The standard InChI is InChI=1S/C16H18ClNO.ClH/c17-11-16(19)18(12-14-7-3-1-4-8-14)13-15-9-5-2-6-10-15;/h1-10,16,19H,11-13H2;1H. The summed E-state index contributed by atoms with van der Waals surface area (Å²) in [6.07, 6.45) is -0.637. The van der Waals surface area contributed by atoms with Gasteiger partial charge in [0.2, 0.25) is 0 Å². The molecule has 0 aliphatic heterocycles. The number of nitrogens with zero attached hydrogens (tertiary/aromatic N) is 1. The molecule has 0 heterocycles. The number of aliphatic hydroxyl groups is 1. The Morgan fingerprint density at radius 2 is 1.25 bits per heavy atom. The SMILES string of the molecule is Cl.OC(CCl)N(Cc1ccccc1)Cc1ccccc1. The number of benzene rings is 2. The van der Waals surface area contributed by atoms with Gasteiger partial charge in [0.05, 0.1) is 5.88 Å². The van der Waals surface area contributed by atoms with Crippen molar-refractivity contribution < 1.29 is 5.11 Å². The maximum absolute atomic E-state index is 10.0. The van der Waals surface area contributed by atoms with Gasteiger partial charge in [0, 0.05) is 13.1 Å². The first-order valence-electron chi connectivity index (χ1n) is 6.35. The summed E-state index contributed by atoms with van der Waals surface area (Å²) in [5.41, 5.74) is 2.34. The molecule has 0 spiro atoms. The van der Waals surface area contributed by atoms with E-state index in [1.807, 2.05) is 41.3 Å². The molecule has 0 saturated heterocycles. The highest BCUT2D eigenvalue weighted by Crippen LogP contribution is 2.13. The Kier molecular flexibility index (Phi) is 7.63. The van der Waals surface area contributed by atoms with Crippen molar-refractivity contribution in [3.63, 3.8) is 0 Å². The van der Waals surface area contributed by atoms with Gasteiger partial charge in [-0.2, -0.15) is 0 Å². The molecule has 1 atom stereocenters. The van der Waals surface area contributed by atoms with Crippen LogP contribution in [-0.4, -0.2) is 22.1 Å². The van der Waals surface area contributed by atoms with E-state index in [9.17, 15) is 5.11 Å². The number of halogens is 2. The normalized spacial score (nSPS) is 11.9. The fourth-order valence-corrected chi connectivity index (χ4v) is 2.20. The van der Waals surface area contributed by atoms with E-state index in [1.165, 1.54) is 11.1 Å². The summed E-state index contributed by atoms with van der Waals surface area (Å²) >= 11 is 5.79. The summed E-state index contributed by atoms with van der Waals surface area (Å²) in [6, 6.07) is 20.2. The van der Waals surface area contributed by atoms with E-state index in [1.54, 1.807) is 0 Å². The smallest absolute Gasteiger partial charge is 0.121 e. The van der Waals surface area contributed by atoms with Crippen LogP contribution in [0.2, 0.25) is 0 Å². The molecule has 20 heavy (non-hydrogen) atoms. The van der Waals surface area contributed by atoms with Crippen molar-refractivity contribution in [1.82, 2.24) is 4.90 Å². The van der Waals surface area contributed by atoms with Crippen LogP contribution in [0.4, 0.5) is 0 Å². The average molecular weight is 312 g/mol. The Morgan fingerprint density at radius 3 is 1.60 bits per heavy atom. The van der Waals surface area contributed by atoms with Crippen molar-refractivity contribution in [3.05, 3.63) is 71.8 Å². The van der Waals surface area contributed by atoms with E-state index in [2.05, 4.69) is 24.3 Å². The largest absolute Gasteiger partial charge is 0.377 e. The molecule has 0 amide bonds. The summed E-state index contributed by atoms with van der Waals surface area (Å²) in [5, 5.41) is 10.0. The quantitative estimate of drug-likeness (QED) is 0.650. The summed E-state index contributed by atoms with van der Waals surface area (Å²) in [7, 11) is 0. The number of hydrogen-bond donors (Lipinski definition) is 1. The van der Waals surface area contributed by atoms with Crippen LogP contribution in [0.1, 0.15) is 11.1 Å². The maximum Gasteiger partial charge on any atom is 0.121 e. The van der Waals surface area contributed by atoms with Gasteiger partial charge in [-0.25, -0.2) is 0 Å². The van der Waals surface area contributed by atoms with E-state index < -0.39 is 6.23 Å². The summed E-state index contributed by atoms with van der Waals surface area (Å²) in [4.78, 5) is 1.97. The summed E-state index contributed by atoms with van der Waals surface area (Å²) < 4.78 is 0. The molecule has 0 bridgehead atoms. The van der Waals surface area contributed by atoms with E-state index in [0.717, 1.165) is 0 Å². The highest BCUT2D eigenvalue weighted by atomic mass is 35.5. The molecule has 0 aliphatic carbocycles. The summed E-state index contributed by atoms with van der Waals surface area (Å²) in [5.74, 6) is 0.208. The van der Waals surface area contributed by atoms with Gasteiger partial charge in [-0.15, -0.1) is 24.0 Å². The molecule has 0 saturated carbocycles. The predicted molar refractivity (Wildman–Crippen MR) is 86.1 cm³/mol. The third-order valence-electron chi connectivity index (χ3n) is 3.02. The molecule has 2 nitrogen and oxygen atoms in total. The van der Waals surface area contributed by atoms with Crippen molar-refractivity contribution in [3.8, 4) is 0 Å². The lowest BCUT2D eigenvalue weighted by Crippen LogP contribution is -2.35. The molecular weight excluding hydrogens is 293 g/mol. The van der Waals surface area contributed by atoms with Gasteiger partial charge >= 0.3 is 0 Å². The van der Waals surface area contributed by atoms with E-state index in [4.69, 9.17) is 11.6 Å². The first-order chi connectivity index (χ1) is 9.29. The molecular formula is C16H19Cl2NO. The molecule has 1 N–H and O–H groups in total. The Balaban J connectivity index is 0.00000200. The van der Waals surface area contributed by atoms with Crippen LogP contribution in [0.15, 0.2) is 60.7 Å². The van der Waals surface area contributed by atoms with Crippen LogP contribution in [0, 0.1) is 0 Å². The van der Waals surface area contributed by atoms with Gasteiger partial charge in [0.25, 0.3) is 0 Å². The van der Waals surface area contributed by atoms with Crippen molar-refractivity contribution in [2.45, 2.75) is 19.3 Å². The second kappa shape index (κ2) is 8.98. The third kappa shape index (κ3) is 5.14. The van der Waals surface area contributed by atoms with Crippen LogP contribution in [-0.2, 0) is 13.1 Å². The molecule has 108 valence electrons. The Hall–Kier alpha value is -1.06. The van der Waals surface area contributed by atoms with E-state index in [-0.39, 0.29) is 18.3 Å². The van der Waals surface area contributed by atoms with E-state index >= 15 is 0 Å². The average Bonchev–Trinajstić information content (AvgIpc) is 2.48. The summed E-state index contributed by atoms with van der Waals surface area (Å²) in [6.45, 7) is 1.37. The molecule has 1 unspecified atom stereocenters. The topological polar surface area (TPSA) is 23.5 Å². The van der Waals surface area contributed by atoms with Gasteiger partial charge < -0.3 is 5.11 Å². The zero-order valence-electron chi connectivity index (χ0n) is 11.2. The molecule has 2 rings (SSSR count). The van der Waals surface area contributed by atoms with Crippen molar-refractivity contribution in [2.24, 2.45) is 0 Å². The molecule has 2 aromatic carbocycles. The Bertz CT molecular complexity index is 437. The molecule has 0 radical (unpaired) electrons. The van der Waals surface area contributed by atoms with Crippen LogP contribution in [0.5, 0.6) is 0 Å². The number of rotatable bonds is 6. The van der Waals surface area contributed by atoms with Crippen LogP contribution < -0.4 is 0 Å². The highest BCUT2D eigenvalue weighted by Gasteiger charge is 2.15. The predicted octanol–water partition coefficient (Wildman–Crippen LogP) is 3.67. The fraction of sp³-hybridized carbons (Fsp3) is 0.250. The first kappa shape index (κ1) is 17.0. The van der Waals surface area contributed by atoms with Crippen molar-refractivity contribution >= 4 is 24.0 Å². The zero-order chi connectivity index (χ0) is 13.5. The van der Waals surface area contributed by atoms with Gasteiger partial charge in [-0.05, 0) is 11.1 Å². The van der Waals surface area contributed by atoms with Crippen LogP contribution in [0.3, 0.4) is 0 Å². The lowest BCUT2D eigenvalue weighted by Gasteiger charge is -2.26. The van der Waals surface area contributed by atoms with Gasteiger partial charge in [0.15, 0.2) is 0 Å². The molecule has 2 aromatic rings. The number of aliphatic hydroxyl groups excluding tert-OH is 1. The van der Waals surface area contributed by atoms with Gasteiger partial charge in [0.1, 0.15) is 6.23 Å². The first-order valence-corrected chi connectivity index (χ1v) is 6.89. The second-order valence-electron chi connectivity index (χ2n) is 4.51. The monoisotopic (exact) mass is 311 g/mol. The van der Waals surface area contributed by atoms with E-state index in [0.29, 0.717) is 13.1 Å². The second-order valence-corrected chi connectivity index (χ2v) is 4.82. The Morgan fingerprint density at radius 1 is 0.850 bits per heavy atom. The minimum Gasteiger partial charge on any atom is -0.377 e. The fourth-order valence-electron chi connectivity index (χ4n) is 2.00. The van der Waals surface area contributed by atoms with Gasteiger partial charge in [-0.1, -0.05) is 60.7 Å². The van der Waals surface area contributed by atoms with Crippen LogP contribution >= 0.6 is 24.0 Å². The zero-order valence-corrected chi connectivity index (χ0v) is 12.7. The number of alkyl halides is 1.